The van der Waals surface area contributed by atoms with Crippen LogP contribution in [0, 0.1) is 5.41 Å². The van der Waals surface area contributed by atoms with Crippen molar-refractivity contribution in [3.8, 4) is 0 Å². The molecule has 0 aromatic carbocycles. The Hall–Kier alpha value is -0.530. The van der Waals surface area contributed by atoms with Gasteiger partial charge in [0.15, 0.2) is 0 Å². The molecule has 68 valence electrons. The molecule has 11 heavy (non-hydrogen) atoms. The maximum Gasteiger partial charge on any atom is 0.207 e. The first-order valence-corrected chi connectivity index (χ1v) is 4.18. The highest BCUT2D eigenvalue weighted by atomic mass is 16.1. The van der Waals surface area contributed by atoms with E-state index in [1.807, 2.05) is 20.8 Å². The number of carbonyl (C=O) groups is 1. The molecule has 2 heteroatoms. The van der Waals surface area contributed by atoms with Gasteiger partial charge in [0.25, 0.3) is 0 Å². The third kappa shape index (κ3) is 7.37. The molecule has 0 heterocycles. The van der Waals surface area contributed by atoms with Crippen LogP contribution >= 0.6 is 0 Å². The van der Waals surface area contributed by atoms with Crippen molar-refractivity contribution in [3.05, 3.63) is 0 Å². The van der Waals surface area contributed by atoms with Gasteiger partial charge in [0, 0.05) is 6.04 Å². The maximum atomic E-state index is 9.95. The van der Waals surface area contributed by atoms with Crippen LogP contribution in [0.25, 0.3) is 0 Å². The maximum absolute atomic E-state index is 9.95. The minimum absolute atomic E-state index is 0.168. The van der Waals surface area contributed by atoms with Crippen molar-refractivity contribution >= 4 is 6.41 Å². The molecule has 1 atom stereocenters. The monoisotopic (exact) mass is 159 g/mol. The van der Waals surface area contributed by atoms with E-state index in [0.717, 1.165) is 6.41 Å². The van der Waals surface area contributed by atoms with E-state index in [2.05, 4.69) is 26.1 Å². The third-order valence-corrected chi connectivity index (χ3v) is 1.62. The number of nitrogens with one attached hydrogen (secondary N) is 1. The highest BCUT2D eigenvalue weighted by Gasteiger charge is 2.18. The predicted octanol–water partition coefficient (Wildman–Crippen LogP) is 2.19. The summed E-state index contributed by atoms with van der Waals surface area (Å²) in [6.07, 6.45) is 0.746. The summed E-state index contributed by atoms with van der Waals surface area (Å²) in [5.74, 6) is 0. The van der Waals surface area contributed by atoms with Crippen LogP contribution in [0.15, 0.2) is 0 Å². The lowest BCUT2D eigenvalue weighted by molar-refractivity contribution is -0.110. The summed E-state index contributed by atoms with van der Waals surface area (Å²) >= 11 is 0. The van der Waals surface area contributed by atoms with Crippen LogP contribution < -0.4 is 5.32 Å². The summed E-state index contributed by atoms with van der Waals surface area (Å²) in [6, 6.07) is 0.245. The zero-order valence-corrected chi connectivity index (χ0v) is 8.56. The molecule has 0 radical (unpaired) electrons. The standard InChI is InChI=1S/C7H15NO.C2H6/c1-6(8-5-9)7(2,3)4;1-2/h5-6H,1-4H3,(H,8,9);1-2H3. The second-order valence-electron chi connectivity index (χ2n) is 3.37. The quantitative estimate of drug-likeness (QED) is 0.615. The fourth-order valence-corrected chi connectivity index (χ4v) is 0.352. The van der Waals surface area contributed by atoms with Crippen molar-refractivity contribution in [2.45, 2.75) is 47.6 Å². The van der Waals surface area contributed by atoms with Crippen molar-refractivity contribution in [2.24, 2.45) is 5.41 Å². The lowest BCUT2D eigenvalue weighted by Crippen LogP contribution is -2.36. The minimum Gasteiger partial charge on any atom is -0.356 e. The summed E-state index contributed by atoms with van der Waals surface area (Å²) in [5.41, 5.74) is 0.168. The van der Waals surface area contributed by atoms with Crippen molar-refractivity contribution in [1.82, 2.24) is 5.32 Å². The molecule has 0 fully saturated rings. The van der Waals surface area contributed by atoms with E-state index in [1.165, 1.54) is 0 Å². The molecule has 1 N–H and O–H groups in total. The van der Waals surface area contributed by atoms with Gasteiger partial charge in [-0.1, -0.05) is 34.6 Å². The molecule has 0 spiro atoms. The highest BCUT2D eigenvalue weighted by Crippen LogP contribution is 2.17. The van der Waals surface area contributed by atoms with E-state index in [4.69, 9.17) is 0 Å². The van der Waals surface area contributed by atoms with Crippen molar-refractivity contribution in [1.29, 1.82) is 0 Å². The van der Waals surface area contributed by atoms with Gasteiger partial charge in [-0.15, -0.1) is 0 Å². The van der Waals surface area contributed by atoms with E-state index < -0.39 is 0 Å². The van der Waals surface area contributed by atoms with Crippen LogP contribution in [0.4, 0.5) is 0 Å². The van der Waals surface area contributed by atoms with Crippen LogP contribution in [0.5, 0.6) is 0 Å². The Labute approximate surface area is 70.4 Å². The number of amides is 1. The molecular weight excluding hydrogens is 138 g/mol. The molecule has 0 aliphatic carbocycles. The summed E-state index contributed by atoms with van der Waals surface area (Å²) < 4.78 is 0. The molecule has 0 saturated heterocycles. The van der Waals surface area contributed by atoms with E-state index >= 15 is 0 Å². The van der Waals surface area contributed by atoms with Gasteiger partial charge in [-0.2, -0.15) is 0 Å². The molecule has 0 bridgehead atoms. The molecule has 0 aromatic heterocycles. The van der Waals surface area contributed by atoms with Gasteiger partial charge in [-0.25, -0.2) is 0 Å². The first-order valence-electron chi connectivity index (χ1n) is 4.18. The van der Waals surface area contributed by atoms with Crippen LogP contribution in [0.2, 0.25) is 0 Å². The lowest BCUT2D eigenvalue weighted by Gasteiger charge is -2.26. The topological polar surface area (TPSA) is 29.1 Å². The van der Waals surface area contributed by atoms with E-state index in [-0.39, 0.29) is 11.5 Å². The Morgan fingerprint density at radius 1 is 1.27 bits per heavy atom. The SMILES string of the molecule is CC.CC(NC=O)C(C)(C)C. The number of hydrogen-bond donors (Lipinski definition) is 1. The first kappa shape index (κ1) is 13.1. The molecule has 0 rings (SSSR count). The van der Waals surface area contributed by atoms with Crippen molar-refractivity contribution in [2.75, 3.05) is 0 Å². The van der Waals surface area contributed by atoms with E-state index in [0.29, 0.717) is 0 Å². The molecule has 0 saturated carbocycles. The van der Waals surface area contributed by atoms with Gasteiger partial charge in [0.1, 0.15) is 0 Å². The molecule has 0 aromatic rings. The molecule has 0 aliphatic rings. The summed E-state index contributed by atoms with van der Waals surface area (Å²) in [5, 5.41) is 2.70. The van der Waals surface area contributed by atoms with Crippen LogP contribution in [0.1, 0.15) is 41.5 Å². The molecule has 0 aliphatic heterocycles. The smallest absolute Gasteiger partial charge is 0.207 e. The summed E-state index contributed by atoms with van der Waals surface area (Å²) in [6.45, 7) is 12.3. The molecule has 1 amide bonds. The van der Waals surface area contributed by atoms with Gasteiger partial charge < -0.3 is 5.32 Å². The number of rotatable bonds is 2. The fraction of sp³-hybridized carbons (Fsp3) is 0.889. The lowest BCUT2D eigenvalue weighted by atomic mass is 9.88. The van der Waals surface area contributed by atoms with Gasteiger partial charge in [-0.3, -0.25) is 4.79 Å². The average molecular weight is 159 g/mol. The Kier molecular flexibility index (Phi) is 7.37. The van der Waals surface area contributed by atoms with Gasteiger partial charge in [0.2, 0.25) is 6.41 Å². The van der Waals surface area contributed by atoms with Crippen LogP contribution in [0.3, 0.4) is 0 Å². The fourth-order valence-electron chi connectivity index (χ4n) is 0.352. The normalized spacial score (nSPS) is 12.5. The number of carbonyl (C=O) groups excluding carboxylic acids is 1. The first-order chi connectivity index (χ1) is 4.98. The van der Waals surface area contributed by atoms with Gasteiger partial charge >= 0.3 is 0 Å². The Morgan fingerprint density at radius 3 is 1.73 bits per heavy atom. The molecular formula is C9H21NO. The van der Waals surface area contributed by atoms with Crippen LogP contribution in [-0.2, 0) is 4.79 Å². The zero-order valence-electron chi connectivity index (χ0n) is 8.56. The highest BCUT2D eigenvalue weighted by molar-refractivity contribution is 5.46. The number of hydrogen-bond acceptors (Lipinski definition) is 1. The van der Waals surface area contributed by atoms with Crippen molar-refractivity contribution < 1.29 is 4.79 Å². The van der Waals surface area contributed by atoms with E-state index in [9.17, 15) is 4.79 Å². The Balaban J connectivity index is 0. The Bertz CT molecular complexity index is 94.2. The van der Waals surface area contributed by atoms with Crippen molar-refractivity contribution in [3.63, 3.8) is 0 Å². The van der Waals surface area contributed by atoms with Gasteiger partial charge in [-0.05, 0) is 12.3 Å². The van der Waals surface area contributed by atoms with Gasteiger partial charge in [0.05, 0.1) is 0 Å². The second kappa shape index (κ2) is 6.20. The summed E-state index contributed by atoms with van der Waals surface area (Å²) in [7, 11) is 0. The minimum atomic E-state index is 0.168. The average Bonchev–Trinajstić information content (AvgIpc) is 1.91. The Morgan fingerprint density at radius 2 is 1.64 bits per heavy atom. The van der Waals surface area contributed by atoms with Crippen LogP contribution in [-0.4, -0.2) is 12.5 Å². The largest absolute Gasteiger partial charge is 0.356 e. The molecule has 1 unspecified atom stereocenters. The zero-order chi connectivity index (χ0) is 9.49. The predicted molar refractivity (Wildman–Crippen MR) is 49.5 cm³/mol. The third-order valence-electron chi connectivity index (χ3n) is 1.62. The summed E-state index contributed by atoms with van der Waals surface area (Å²) in [4.78, 5) is 9.95. The van der Waals surface area contributed by atoms with E-state index in [1.54, 1.807) is 0 Å². The molecule has 2 nitrogen and oxygen atoms in total. The second-order valence-corrected chi connectivity index (χ2v) is 3.37.